The standard InChI is InChI=1S/C13H19N3O3/c1-3-8(2)11(12(17)18)16-13(19)15-10-7-5-4-6-9(10)14/h4-8,11H,3,14H2,1-2H3,(H,17,18)(H2,15,16,19). The van der Waals surface area contributed by atoms with E-state index in [0.29, 0.717) is 17.8 Å². The molecule has 19 heavy (non-hydrogen) atoms. The molecule has 6 nitrogen and oxygen atoms in total. The molecule has 1 aromatic rings. The second-order valence-electron chi connectivity index (χ2n) is 4.39. The lowest BCUT2D eigenvalue weighted by molar-refractivity contribution is -0.140. The number of nitrogen functional groups attached to an aromatic ring is 1. The first-order chi connectivity index (χ1) is 8.95. The molecular weight excluding hydrogens is 246 g/mol. The summed E-state index contributed by atoms with van der Waals surface area (Å²) < 4.78 is 0. The number of rotatable bonds is 5. The minimum Gasteiger partial charge on any atom is -0.480 e. The van der Waals surface area contributed by atoms with Gasteiger partial charge in [-0.1, -0.05) is 32.4 Å². The molecule has 0 fully saturated rings. The molecule has 0 aliphatic heterocycles. The Kier molecular flexibility index (Phi) is 5.17. The lowest BCUT2D eigenvalue weighted by Crippen LogP contribution is -2.46. The predicted molar refractivity (Wildman–Crippen MR) is 73.9 cm³/mol. The molecule has 104 valence electrons. The van der Waals surface area contributed by atoms with Gasteiger partial charge in [-0.15, -0.1) is 0 Å². The van der Waals surface area contributed by atoms with E-state index in [2.05, 4.69) is 10.6 Å². The van der Waals surface area contributed by atoms with Gasteiger partial charge in [-0.25, -0.2) is 9.59 Å². The first-order valence-electron chi connectivity index (χ1n) is 6.10. The number of benzene rings is 1. The zero-order valence-electron chi connectivity index (χ0n) is 11.0. The number of hydrogen-bond donors (Lipinski definition) is 4. The average molecular weight is 265 g/mol. The number of carboxylic acid groups (broad SMARTS) is 1. The first-order valence-corrected chi connectivity index (χ1v) is 6.10. The molecule has 0 bridgehead atoms. The number of aliphatic carboxylic acids is 1. The Balaban J connectivity index is 2.68. The third-order valence-corrected chi connectivity index (χ3v) is 2.97. The van der Waals surface area contributed by atoms with Crippen LogP contribution in [-0.2, 0) is 4.79 Å². The molecule has 0 heterocycles. The Morgan fingerprint density at radius 1 is 1.37 bits per heavy atom. The van der Waals surface area contributed by atoms with E-state index in [4.69, 9.17) is 10.8 Å². The smallest absolute Gasteiger partial charge is 0.326 e. The van der Waals surface area contributed by atoms with Crippen LogP contribution in [0.25, 0.3) is 0 Å². The molecule has 0 aliphatic carbocycles. The van der Waals surface area contributed by atoms with E-state index in [1.165, 1.54) is 0 Å². The maximum Gasteiger partial charge on any atom is 0.326 e. The fourth-order valence-electron chi connectivity index (χ4n) is 1.59. The summed E-state index contributed by atoms with van der Waals surface area (Å²) in [6.45, 7) is 3.64. The molecule has 1 rings (SSSR count). The summed E-state index contributed by atoms with van der Waals surface area (Å²) in [5.41, 5.74) is 6.56. The summed E-state index contributed by atoms with van der Waals surface area (Å²) >= 11 is 0. The number of nitrogens with two attached hydrogens (primary N) is 1. The van der Waals surface area contributed by atoms with E-state index in [1.54, 1.807) is 31.2 Å². The SMILES string of the molecule is CCC(C)C(NC(=O)Nc1ccccc1N)C(=O)O. The van der Waals surface area contributed by atoms with Crippen molar-refractivity contribution in [1.29, 1.82) is 0 Å². The molecule has 6 heteroatoms. The van der Waals surface area contributed by atoms with Crippen molar-refractivity contribution >= 4 is 23.4 Å². The summed E-state index contributed by atoms with van der Waals surface area (Å²) in [5.74, 6) is -1.21. The largest absolute Gasteiger partial charge is 0.480 e. The van der Waals surface area contributed by atoms with Gasteiger partial charge in [0.15, 0.2) is 0 Å². The highest BCUT2D eigenvalue weighted by Crippen LogP contribution is 2.16. The van der Waals surface area contributed by atoms with E-state index >= 15 is 0 Å². The van der Waals surface area contributed by atoms with Gasteiger partial charge in [0.2, 0.25) is 0 Å². The van der Waals surface area contributed by atoms with Gasteiger partial charge in [0, 0.05) is 0 Å². The van der Waals surface area contributed by atoms with Gasteiger partial charge in [-0.2, -0.15) is 0 Å². The molecule has 1 aromatic carbocycles. The van der Waals surface area contributed by atoms with Crippen molar-refractivity contribution in [1.82, 2.24) is 5.32 Å². The molecule has 0 aliphatic rings. The maximum atomic E-state index is 11.8. The minimum atomic E-state index is -1.05. The minimum absolute atomic E-state index is 0.156. The van der Waals surface area contributed by atoms with Crippen molar-refractivity contribution in [2.45, 2.75) is 26.3 Å². The van der Waals surface area contributed by atoms with Crippen LogP contribution >= 0.6 is 0 Å². The highest BCUT2D eigenvalue weighted by molar-refractivity contribution is 5.94. The Morgan fingerprint density at radius 3 is 2.53 bits per heavy atom. The molecular formula is C13H19N3O3. The Labute approximate surface area is 112 Å². The Hall–Kier alpha value is -2.24. The lowest BCUT2D eigenvalue weighted by Gasteiger charge is -2.20. The summed E-state index contributed by atoms with van der Waals surface area (Å²) in [7, 11) is 0. The van der Waals surface area contributed by atoms with Crippen molar-refractivity contribution < 1.29 is 14.7 Å². The zero-order valence-corrected chi connectivity index (χ0v) is 11.0. The molecule has 5 N–H and O–H groups in total. The van der Waals surface area contributed by atoms with E-state index in [9.17, 15) is 9.59 Å². The van der Waals surface area contributed by atoms with E-state index < -0.39 is 18.0 Å². The van der Waals surface area contributed by atoms with E-state index in [-0.39, 0.29) is 5.92 Å². The molecule has 0 saturated carbocycles. The van der Waals surface area contributed by atoms with Gasteiger partial charge in [-0.05, 0) is 18.1 Å². The number of nitrogens with one attached hydrogen (secondary N) is 2. The molecule has 0 radical (unpaired) electrons. The van der Waals surface area contributed by atoms with E-state index in [1.807, 2.05) is 6.92 Å². The number of anilines is 2. The third kappa shape index (κ3) is 4.17. The average Bonchev–Trinajstić information content (AvgIpc) is 2.37. The molecule has 2 unspecified atom stereocenters. The topological polar surface area (TPSA) is 104 Å². The van der Waals surface area contributed by atoms with Gasteiger partial charge in [0.1, 0.15) is 6.04 Å². The van der Waals surface area contributed by atoms with Crippen molar-refractivity contribution in [2.24, 2.45) is 5.92 Å². The van der Waals surface area contributed by atoms with Gasteiger partial charge in [-0.3, -0.25) is 0 Å². The second-order valence-corrected chi connectivity index (χ2v) is 4.39. The van der Waals surface area contributed by atoms with Crippen molar-refractivity contribution in [3.8, 4) is 0 Å². The highest BCUT2D eigenvalue weighted by Gasteiger charge is 2.25. The van der Waals surface area contributed by atoms with Crippen LogP contribution in [0.2, 0.25) is 0 Å². The third-order valence-electron chi connectivity index (χ3n) is 2.97. The van der Waals surface area contributed by atoms with Gasteiger partial charge in [0.25, 0.3) is 0 Å². The fourth-order valence-corrected chi connectivity index (χ4v) is 1.59. The van der Waals surface area contributed by atoms with Crippen LogP contribution in [0.3, 0.4) is 0 Å². The second kappa shape index (κ2) is 6.63. The Morgan fingerprint density at radius 2 is 2.00 bits per heavy atom. The molecule has 0 spiro atoms. The van der Waals surface area contributed by atoms with Crippen LogP contribution in [0.15, 0.2) is 24.3 Å². The molecule has 2 amide bonds. The number of amides is 2. The van der Waals surface area contributed by atoms with Gasteiger partial charge in [0.05, 0.1) is 11.4 Å². The Bertz CT molecular complexity index is 462. The zero-order chi connectivity index (χ0) is 14.4. The number of carbonyl (C=O) groups is 2. The maximum absolute atomic E-state index is 11.8. The van der Waals surface area contributed by atoms with Gasteiger partial charge < -0.3 is 21.5 Å². The van der Waals surface area contributed by atoms with E-state index in [0.717, 1.165) is 0 Å². The van der Waals surface area contributed by atoms with Crippen molar-refractivity contribution in [3.05, 3.63) is 24.3 Å². The number of carbonyl (C=O) groups excluding carboxylic acids is 1. The molecule has 0 saturated heterocycles. The normalized spacial score (nSPS) is 13.4. The predicted octanol–water partition coefficient (Wildman–Crippen LogP) is 1.89. The quantitative estimate of drug-likeness (QED) is 0.610. The number of para-hydroxylation sites is 2. The molecule has 0 aromatic heterocycles. The molecule has 2 atom stereocenters. The van der Waals surface area contributed by atoms with Crippen molar-refractivity contribution in [3.63, 3.8) is 0 Å². The van der Waals surface area contributed by atoms with Gasteiger partial charge >= 0.3 is 12.0 Å². The summed E-state index contributed by atoms with van der Waals surface area (Å²) in [5, 5.41) is 14.1. The van der Waals surface area contributed by atoms with Crippen LogP contribution in [-0.4, -0.2) is 23.1 Å². The fraction of sp³-hybridized carbons (Fsp3) is 0.385. The first kappa shape index (κ1) is 14.8. The number of carboxylic acids is 1. The summed E-state index contributed by atoms with van der Waals surface area (Å²) in [4.78, 5) is 22.8. The van der Waals surface area contributed by atoms with Crippen LogP contribution in [0.5, 0.6) is 0 Å². The summed E-state index contributed by atoms with van der Waals surface area (Å²) in [6.07, 6.45) is 0.657. The summed E-state index contributed by atoms with van der Waals surface area (Å²) in [6, 6.07) is 5.28. The van der Waals surface area contributed by atoms with Crippen LogP contribution in [0.1, 0.15) is 20.3 Å². The highest BCUT2D eigenvalue weighted by atomic mass is 16.4. The van der Waals surface area contributed by atoms with Crippen LogP contribution in [0.4, 0.5) is 16.2 Å². The number of urea groups is 1. The van der Waals surface area contributed by atoms with Crippen molar-refractivity contribution in [2.75, 3.05) is 11.1 Å². The van der Waals surface area contributed by atoms with Crippen LogP contribution < -0.4 is 16.4 Å². The monoisotopic (exact) mass is 265 g/mol. The number of hydrogen-bond acceptors (Lipinski definition) is 3. The van der Waals surface area contributed by atoms with Crippen LogP contribution in [0, 0.1) is 5.92 Å². The lowest BCUT2D eigenvalue weighted by atomic mass is 9.99.